The number of carbonyl (C=O) groups is 3. The van der Waals surface area contributed by atoms with Gasteiger partial charge in [-0.1, -0.05) is 29.8 Å². The molecule has 0 amide bonds. The summed E-state index contributed by atoms with van der Waals surface area (Å²) in [4.78, 5) is 39.6. The normalized spacial score (nSPS) is 19.2. The van der Waals surface area contributed by atoms with Gasteiger partial charge in [-0.25, -0.2) is 9.59 Å². The predicted molar refractivity (Wildman–Crippen MR) is 138 cm³/mol. The van der Waals surface area contributed by atoms with Crippen molar-refractivity contribution in [2.45, 2.75) is 64.9 Å². The number of likely N-dealkylation sites (tertiary alicyclic amines) is 1. The maximum atomic E-state index is 12.8. The zero-order valence-electron chi connectivity index (χ0n) is 21.6. The molecule has 0 radical (unpaired) electrons. The molecule has 0 N–H and O–H groups in total. The lowest BCUT2D eigenvalue weighted by molar-refractivity contribution is -0.151. The molecule has 0 spiro atoms. The fourth-order valence-corrected chi connectivity index (χ4v) is 4.79. The van der Waals surface area contributed by atoms with Crippen molar-refractivity contribution >= 4 is 41.3 Å². The van der Waals surface area contributed by atoms with Crippen molar-refractivity contribution in [1.82, 2.24) is 4.90 Å². The molecule has 1 unspecified atom stereocenters. The molecule has 1 fully saturated rings. The van der Waals surface area contributed by atoms with E-state index in [9.17, 15) is 14.4 Å². The van der Waals surface area contributed by atoms with E-state index >= 15 is 0 Å². The maximum Gasteiger partial charge on any atom is 0.331 e. The van der Waals surface area contributed by atoms with Gasteiger partial charge in [0.1, 0.15) is 17.6 Å². The Bertz CT molecular complexity index is 950. The Labute approximate surface area is 217 Å². The molecule has 1 aliphatic rings. The second kappa shape index (κ2) is 12.3. The first-order chi connectivity index (χ1) is 16.2. The van der Waals surface area contributed by atoms with E-state index in [2.05, 4.69) is 0 Å². The molecule has 1 heterocycles. The lowest BCUT2D eigenvalue weighted by Gasteiger charge is -2.38. The first kappa shape index (κ1) is 29.2. The Kier molecular flexibility index (Phi) is 10.2. The summed E-state index contributed by atoms with van der Waals surface area (Å²) in [5, 5.41) is 0.377. The molecular formula is C26H36ClNO6S. The predicted octanol–water partition coefficient (Wildman–Crippen LogP) is 5.18. The molecule has 1 saturated heterocycles. The minimum atomic E-state index is -0.722. The van der Waals surface area contributed by atoms with Gasteiger partial charge in [0.2, 0.25) is 0 Å². The number of methoxy groups -OCH3 is 1. The van der Waals surface area contributed by atoms with Crippen molar-refractivity contribution in [3.8, 4) is 0 Å². The molecule has 0 aromatic heterocycles. The number of halogens is 1. The SMILES string of the molecule is COC(=O)[C@H](c1ccccc1Cl)N1CCC(SCOC(=O)C(C)(C)C)/C(=C\C(=O)OC(C)(C)C)C1. The van der Waals surface area contributed by atoms with Gasteiger partial charge in [0.05, 0.1) is 12.5 Å². The second-order valence-corrected chi connectivity index (χ2v) is 12.0. The molecular weight excluding hydrogens is 490 g/mol. The molecule has 2 atom stereocenters. The standard InChI is InChI=1S/C26H36ClNO6S/c1-25(2,3)24(31)33-16-35-20-12-13-28(15-17(20)14-21(29)34-26(4,5)6)22(23(30)32-7)18-10-8-9-11-19(18)27/h8-11,14,20,22H,12-13,15-16H2,1-7H3/b17-14-/t20?,22-/m0/s1. The monoisotopic (exact) mass is 525 g/mol. The van der Waals surface area contributed by atoms with Crippen LogP contribution in [0.4, 0.5) is 0 Å². The number of rotatable bonds is 7. The Morgan fingerprint density at radius 1 is 1.17 bits per heavy atom. The average molecular weight is 526 g/mol. The minimum Gasteiger partial charge on any atom is -0.468 e. The molecule has 1 aromatic rings. The molecule has 35 heavy (non-hydrogen) atoms. The molecule has 1 aliphatic heterocycles. The molecule has 0 bridgehead atoms. The van der Waals surface area contributed by atoms with Gasteiger partial charge < -0.3 is 14.2 Å². The van der Waals surface area contributed by atoms with Crippen LogP contribution >= 0.6 is 23.4 Å². The highest BCUT2D eigenvalue weighted by Gasteiger charge is 2.36. The van der Waals surface area contributed by atoms with E-state index in [-0.39, 0.29) is 17.2 Å². The van der Waals surface area contributed by atoms with Crippen molar-refractivity contribution in [3.63, 3.8) is 0 Å². The van der Waals surface area contributed by atoms with Crippen LogP contribution in [0.1, 0.15) is 59.6 Å². The zero-order valence-corrected chi connectivity index (χ0v) is 23.1. The van der Waals surface area contributed by atoms with E-state index in [0.29, 0.717) is 30.1 Å². The number of thioether (sulfide) groups is 1. The highest BCUT2D eigenvalue weighted by Crippen LogP contribution is 2.36. The molecule has 0 saturated carbocycles. The van der Waals surface area contributed by atoms with Crippen molar-refractivity contribution < 1.29 is 28.6 Å². The Morgan fingerprint density at radius 2 is 1.83 bits per heavy atom. The Morgan fingerprint density at radius 3 is 2.40 bits per heavy atom. The smallest absolute Gasteiger partial charge is 0.331 e. The summed E-state index contributed by atoms with van der Waals surface area (Å²) in [6, 6.07) is 6.43. The van der Waals surface area contributed by atoms with Crippen LogP contribution in [0.25, 0.3) is 0 Å². The molecule has 9 heteroatoms. The van der Waals surface area contributed by atoms with Gasteiger partial charge in [0.15, 0.2) is 0 Å². The third-order valence-electron chi connectivity index (χ3n) is 5.25. The number of piperidine rings is 1. The van der Waals surface area contributed by atoms with Crippen LogP contribution in [0.5, 0.6) is 0 Å². The van der Waals surface area contributed by atoms with Crippen LogP contribution in [0.3, 0.4) is 0 Å². The first-order valence-electron chi connectivity index (χ1n) is 11.5. The maximum absolute atomic E-state index is 12.8. The topological polar surface area (TPSA) is 82.1 Å². The van der Waals surface area contributed by atoms with Crippen LogP contribution in [0.2, 0.25) is 5.02 Å². The summed E-state index contributed by atoms with van der Waals surface area (Å²) in [6.07, 6.45) is 2.12. The summed E-state index contributed by atoms with van der Waals surface area (Å²) in [7, 11) is 1.34. The first-order valence-corrected chi connectivity index (χ1v) is 12.9. The number of nitrogens with zero attached hydrogens (tertiary/aromatic N) is 1. The van der Waals surface area contributed by atoms with E-state index in [4.69, 9.17) is 25.8 Å². The number of esters is 3. The fourth-order valence-electron chi connectivity index (χ4n) is 3.58. The average Bonchev–Trinajstić information content (AvgIpc) is 2.74. The quantitative estimate of drug-likeness (QED) is 0.208. The van der Waals surface area contributed by atoms with E-state index in [1.54, 1.807) is 59.7 Å². The number of ether oxygens (including phenoxy) is 3. The summed E-state index contributed by atoms with van der Waals surface area (Å²) in [5.74, 6) is -1.01. The molecule has 0 aliphatic carbocycles. The van der Waals surface area contributed by atoms with Gasteiger partial charge in [-0.05, 0) is 65.2 Å². The zero-order chi connectivity index (χ0) is 26.4. The van der Waals surface area contributed by atoms with E-state index in [1.165, 1.54) is 24.9 Å². The molecule has 1 aromatic carbocycles. The van der Waals surface area contributed by atoms with E-state index in [1.807, 2.05) is 11.0 Å². The Hall–Kier alpha value is -2.03. The van der Waals surface area contributed by atoms with Crippen LogP contribution in [-0.2, 0) is 28.6 Å². The number of hydrogen-bond donors (Lipinski definition) is 0. The Balaban J connectivity index is 2.29. The van der Waals surface area contributed by atoms with Crippen LogP contribution in [0.15, 0.2) is 35.9 Å². The third-order valence-corrected chi connectivity index (χ3v) is 6.79. The van der Waals surface area contributed by atoms with Crippen molar-refractivity contribution in [3.05, 3.63) is 46.5 Å². The van der Waals surface area contributed by atoms with E-state index in [0.717, 1.165) is 5.57 Å². The second-order valence-electron chi connectivity index (χ2n) is 10.4. The summed E-state index contributed by atoms with van der Waals surface area (Å²) in [5.41, 5.74) is 0.187. The summed E-state index contributed by atoms with van der Waals surface area (Å²) < 4.78 is 16.0. The summed E-state index contributed by atoms with van der Waals surface area (Å²) in [6.45, 7) is 11.7. The summed E-state index contributed by atoms with van der Waals surface area (Å²) >= 11 is 7.87. The minimum absolute atomic E-state index is 0.0870. The van der Waals surface area contributed by atoms with Crippen LogP contribution in [0, 0.1) is 5.41 Å². The van der Waals surface area contributed by atoms with Crippen molar-refractivity contribution in [2.75, 3.05) is 26.1 Å². The highest BCUT2D eigenvalue weighted by molar-refractivity contribution is 7.99. The van der Waals surface area contributed by atoms with Crippen molar-refractivity contribution in [1.29, 1.82) is 0 Å². The number of benzene rings is 1. The van der Waals surface area contributed by atoms with Gasteiger partial charge in [-0.2, -0.15) is 0 Å². The number of hydrogen-bond acceptors (Lipinski definition) is 8. The van der Waals surface area contributed by atoms with Crippen molar-refractivity contribution in [2.24, 2.45) is 5.41 Å². The van der Waals surface area contributed by atoms with Gasteiger partial charge in [0.25, 0.3) is 0 Å². The lowest BCUT2D eigenvalue weighted by Crippen LogP contribution is -2.43. The largest absolute Gasteiger partial charge is 0.468 e. The van der Waals surface area contributed by atoms with Gasteiger partial charge in [-0.15, -0.1) is 11.8 Å². The van der Waals surface area contributed by atoms with Gasteiger partial charge in [0, 0.05) is 29.4 Å². The van der Waals surface area contributed by atoms with Gasteiger partial charge in [-0.3, -0.25) is 9.69 Å². The van der Waals surface area contributed by atoms with Crippen LogP contribution < -0.4 is 0 Å². The van der Waals surface area contributed by atoms with E-state index < -0.39 is 29.0 Å². The molecule has 2 rings (SSSR count). The third kappa shape index (κ3) is 8.85. The van der Waals surface area contributed by atoms with Gasteiger partial charge >= 0.3 is 17.9 Å². The molecule has 194 valence electrons. The fraction of sp³-hybridized carbons (Fsp3) is 0.577. The molecule has 7 nitrogen and oxygen atoms in total. The van der Waals surface area contributed by atoms with Crippen LogP contribution in [-0.4, -0.2) is 59.8 Å². The lowest BCUT2D eigenvalue weighted by atomic mass is 9.98. The number of carbonyl (C=O) groups excluding carboxylic acids is 3. The highest BCUT2D eigenvalue weighted by atomic mass is 35.5.